The standard InChI is InChI=1S/C15H10Cl2N2O/c16-11-4-5-13(17)10(7-11)8-15(20)12-9-18-19-6-2-1-3-14(12)19/h1-7,9H,8H2. The van der Waals surface area contributed by atoms with E-state index in [-0.39, 0.29) is 12.2 Å². The second kappa shape index (κ2) is 5.27. The minimum atomic E-state index is -0.0321. The first-order chi connectivity index (χ1) is 9.65. The van der Waals surface area contributed by atoms with Crippen molar-refractivity contribution in [3.63, 3.8) is 0 Å². The number of benzene rings is 1. The third kappa shape index (κ3) is 2.42. The molecule has 0 radical (unpaired) electrons. The van der Waals surface area contributed by atoms with Gasteiger partial charge in [0, 0.05) is 22.7 Å². The monoisotopic (exact) mass is 304 g/mol. The van der Waals surface area contributed by atoms with E-state index >= 15 is 0 Å². The Balaban J connectivity index is 1.95. The van der Waals surface area contributed by atoms with E-state index < -0.39 is 0 Å². The Morgan fingerprint density at radius 1 is 1.20 bits per heavy atom. The van der Waals surface area contributed by atoms with E-state index in [1.807, 2.05) is 18.2 Å². The average Bonchev–Trinajstić information content (AvgIpc) is 2.87. The Morgan fingerprint density at radius 2 is 2.05 bits per heavy atom. The molecule has 0 saturated carbocycles. The zero-order valence-corrected chi connectivity index (χ0v) is 11.9. The van der Waals surface area contributed by atoms with Crippen LogP contribution in [0.1, 0.15) is 15.9 Å². The van der Waals surface area contributed by atoms with Gasteiger partial charge >= 0.3 is 0 Å². The molecule has 0 atom stereocenters. The minimum Gasteiger partial charge on any atom is -0.294 e. The number of carbonyl (C=O) groups is 1. The summed E-state index contributed by atoms with van der Waals surface area (Å²) in [6.45, 7) is 0. The lowest BCUT2D eigenvalue weighted by Crippen LogP contribution is -2.03. The topological polar surface area (TPSA) is 34.4 Å². The maximum Gasteiger partial charge on any atom is 0.171 e. The van der Waals surface area contributed by atoms with Crippen molar-refractivity contribution in [2.75, 3.05) is 0 Å². The largest absolute Gasteiger partial charge is 0.294 e. The van der Waals surface area contributed by atoms with E-state index in [1.54, 1.807) is 35.1 Å². The Bertz CT molecular complexity index is 795. The van der Waals surface area contributed by atoms with Gasteiger partial charge in [-0.05, 0) is 35.9 Å². The van der Waals surface area contributed by atoms with Crippen molar-refractivity contribution in [1.29, 1.82) is 0 Å². The van der Waals surface area contributed by atoms with E-state index in [9.17, 15) is 4.79 Å². The van der Waals surface area contributed by atoms with Crippen molar-refractivity contribution in [3.8, 4) is 0 Å². The maximum absolute atomic E-state index is 12.4. The third-order valence-corrected chi connectivity index (χ3v) is 3.69. The van der Waals surface area contributed by atoms with Crippen LogP contribution in [0.15, 0.2) is 48.8 Å². The van der Waals surface area contributed by atoms with Crippen LogP contribution in [0.5, 0.6) is 0 Å². The summed E-state index contributed by atoms with van der Waals surface area (Å²) < 4.78 is 1.67. The van der Waals surface area contributed by atoms with Gasteiger partial charge in [-0.1, -0.05) is 29.3 Å². The van der Waals surface area contributed by atoms with Gasteiger partial charge in [-0.15, -0.1) is 0 Å². The molecule has 0 fully saturated rings. The van der Waals surface area contributed by atoms with Crippen molar-refractivity contribution < 1.29 is 4.79 Å². The van der Waals surface area contributed by atoms with Crippen LogP contribution in [0.2, 0.25) is 10.0 Å². The molecule has 100 valence electrons. The molecule has 0 aliphatic carbocycles. The van der Waals surface area contributed by atoms with Crippen molar-refractivity contribution in [1.82, 2.24) is 9.61 Å². The van der Waals surface area contributed by atoms with E-state index in [4.69, 9.17) is 23.2 Å². The van der Waals surface area contributed by atoms with Crippen molar-refractivity contribution in [2.45, 2.75) is 6.42 Å². The van der Waals surface area contributed by atoms with E-state index in [0.717, 1.165) is 11.1 Å². The molecule has 1 aromatic carbocycles. The first-order valence-electron chi connectivity index (χ1n) is 6.04. The molecule has 0 spiro atoms. The molecular formula is C15H10Cl2N2O. The molecule has 0 aliphatic heterocycles. The summed E-state index contributed by atoms with van der Waals surface area (Å²) in [4.78, 5) is 12.4. The van der Waals surface area contributed by atoms with Crippen LogP contribution in [0, 0.1) is 0 Å². The van der Waals surface area contributed by atoms with Crippen LogP contribution in [0.25, 0.3) is 5.52 Å². The number of halogens is 2. The molecule has 0 saturated heterocycles. The van der Waals surface area contributed by atoms with Crippen LogP contribution in [0.3, 0.4) is 0 Å². The number of hydrogen-bond donors (Lipinski definition) is 0. The highest BCUT2D eigenvalue weighted by atomic mass is 35.5. The van der Waals surface area contributed by atoms with E-state index in [0.29, 0.717) is 15.6 Å². The fourth-order valence-corrected chi connectivity index (χ4v) is 2.48. The number of ketones is 1. The number of carbonyl (C=O) groups excluding carboxylic acids is 1. The summed E-state index contributed by atoms with van der Waals surface area (Å²) in [5, 5.41) is 5.27. The SMILES string of the molecule is O=C(Cc1cc(Cl)ccc1Cl)c1cnn2ccccc12. The fourth-order valence-electron chi connectivity index (χ4n) is 2.10. The minimum absolute atomic E-state index is 0.0321. The first-order valence-corrected chi connectivity index (χ1v) is 6.80. The summed E-state index contributed by atoms with van der Waals surface area (Å²) in [5.41, 5.74) is 2.09. The quantitative estimate of drug-likeness (QED) is 0.684. The summed E-state index contributed by atoms with van der Waals surface area (Å²) in [6.07, 6.45) is 3.59. The van der Waals surface area contributed by atoms with E-state index in [1.165, 1.54) is 0 Å². The van der Waals surface area contributed by atoms with Crippen molar-refractivity contribution >= 4 is 34.5 Å². The van der Waals surface area contributed by atoms with Crippen LogP contribution < -0.4 is 0 Å². The number of rotatable bonds is 3. The summed E-state index contributed by atoms with van der Waals surface area (Å²) in [5.74, 6) is -0.0321. The van der Waals surface area contributed by atoms with Gasteiger partial charge in [0.2, 0.25) is 0 Å². The lowest BCUT2D eigenvalue weighted by molar-refractivity contribution is 0.0994. The number of pyridine rings is 1. The fraction of sp³-hybridized carbons (Fsp3) is 0.0667. The lowest BCUT2D eigenvalue weighted by Gasteiger charge is -2.04. The van der Waals surface area contributed by atoms with Gasteiger partial charge in [0.15, 0.2) is 5.78 Å². The molecule has 2 aromatic heterocycles. The molecule has 0 aliphatic rings. The van der Waals surface area contributed by atoms with Crippen molar-refractivity contribution in [3.05, 3.63) is 70.0 Å². The molecule has 0 bridgehead atoms. The zero-order valence-electron chi connectivity index (χ0n) is 10.4. The Hall–Kier alpha value is -1.84. The van der Waals surface area contributed by atoms with Gasteiger partial charge < -0.3 is 0 Å². The molecule has 2 heterocycles. The van der Waals surface area contributed by atoms with Crippen LogP contribution in [-0.2, 0) is 6.42 Å². The van der Waals surface area contributed by atoms with E-state index in [2.05, 4.69) is 5.10 Å². The molecule has 20 heavy (non-hydrogen) atoms. The number of nitrogens with zero attached hydrogens (tertiary/aromatic N) is 2. The lowest BCUT2D eigenvalue weighted by atomic mass is 10.0. The summed E-state index contributed by atoms with van der Waals surface area (Å²) >= 11 is 12.0. The second-order valence-electron chi connectivity index (χ2n) is 4.42. The molecule has 3 aromatic rings. The van der Waals surface area contributed by atoms with Gasteiger partial charge in [0.05, 0.1) is 17.3 Å². The molecule has 0 unspecified atom stereocenters. The predicted octanol–water partition coefficient (Wildman–Crippen LogP) is 4.07. The summed E-state index contributed by atoms with van der Waals surface area (Å²) in [7, 11) is 0. The molecule has 3 rings (SSSR count). The third-order valence-electron chi connectivity index (χ3n) is 3.09. The molecular weight excluding hydrogens is 295 g/mol. The Labute approximate surface area is 125 Å². The number of Topliss-reactive ketones (excluding diaryl/α,β-unsaturated/α-hetero) is 1. The Morgan fingerprint density at radius 3 is 2.90 bits per heavy atom. The van der Waals surface area contributed by atoms with Gasteiger partial charge in [-0.2, -0.15) is 5.10 Å². The second-order valence-corrected chi connectivity index (χ2v) is 5.27. The van der Waals surface area contributed by atoms with Gasteiger partial charge in [0.1, 0.15) is 0 Å². The highest BCUT2D eigenvalue weighted by Crippen LogP contribution is 2.23. The summed E-state index contributed by atoms with van der Waals surface area (Å²) in [6, 6.07) is 10.7. The zero-order chi connectivity index (χ0) is 14.1. The molecule has 5 heteroatoms. The Kier molecular flexibility index (Phi) is 3.47. The van der Waals surface area contributed by atoms with Gasteiger partial charge in [0.25, 0.3) is 0 Å². The number of hydrogen-bond acceptors (Lipinski definition) is 2. The predicted molar refractivity (Wildman–Crippen MR) is 79.7 cm³/mol. The van der Waals surface area contributed by atoms with Gasteiger partial charge in [-0.25, -0.2) is 4.52 Å². The normalized spacial score (nSPS) is 10.9. The highest BCUT2D eigenvalue weighted by Gasteiger charge is 2.14. The van der Waals surface area contributed by atoms with Crippen LogP contribution >= 0.6 is 23.2 Å². The molecule has 0 amide bonds. The number of fused-ring (bicyclic) bond motifs is 1. The van der Waals surface area contributed by atoms with Crippen LogP contribution in [0.4, 0.5) is 0 Å². The molecule has 0 N–H and O–H groups in total. The van der Waals surface area contributed by atoms with Crippen molar-refractivity contribution in [2.24, 2.45) is 0 Å². The smallest absolute Gasteiger partial charge is 0.171 e. The molecule has 3 nitrogen and oxygen atoms in total. The number of aromatic nitrogens is 2. The van der Waals surface area contributed by atoms with Crippen LogP contribution in [-0.4, -0.2) is 15.4 Å². The van der Waals surface area contributed by atoms with Gasteiger partial charge in [-0.3, -0.25) is 4.79 Å². The maximum atomic E-state index is 12.4. The highest BCUT2D eigenvalue weighted by molar-refractivity contribution is 6.33. The average molecular weight is 305 g/mol. The first kappa shape index (κ1) is 13.2.